The molecule has 0 fully saturated rings. The minimum Gasteiger partial charge on any atom is -0.325 e. The molecule has 72 valence electrons. The first-order valence-electron chi connectivity index (χ1n) is 3.72. The van der Waals surface area contributed by atoms with Crippen LogP contribution in [0.3, 0.4) is 0 Å². The third kappa shape index (κ3) is 2.42. The second kappa shape index (κ2) is 4.23. The SMILES string of the molecule is NCc1ccc(C(F)C(F)F)cn1. The highest BCUT2D eigenvalue weighted by atomic mass is 19.3. The van der Waals surface area contributed by atoms with Crippen molar-refractivity contribution in [1.82, 2.24) is 4.98 Å². The van der Waals surface area contributed by atoms with Gasteiger partial charge in [-0.15, -0.1) is 0 Å². The van der Waals surface area contributed by atoms with E-state index in [0.29, 0.717) is 5.69 Å². The fraction of sp³-hybridized carbons (Fsp3) is 0.375. The molecule has 13 heavy (non-hydrogen) atoms. The summed E-state index contributed by atoms with van der Waals surface area (Å²) in [4.78, 5) is 3.70. The van der Waals surface area contributed by atoms with Crippen molar-refractivity contribution in [1.29, 1.82) is 0 Å². The third-order valence-electron chi connectivity index (χ3n) is 1.60. The Hall–Kier alpha value is -1.10. The van der Waals surface area contributed by atoms with Crippen molar-refractivity contribution in [3.63, 3.8) is 0 Å². The van der Waals surface area contributed by atoms with Crippen LogP contribution >= 0.6 is 0 Å². The predicted octanol–water partition coefficient (Wildman–Crippen LogP) is 1.82. The molecule has 0 aromatic carbocycles. The Kier molecular flexibility index (Phi) is 3.25. The van der Waals surface area contributed by atoms with Gasteiger partial charge in [0.1, 0.15) is 0 Å². The first-order valence-corrected chi connectivity index (χ1v) is 3.72. The van der Waals surface area contributed by atoms with Crippen molar-refractivity contribution in [2.75, 3.05) is 0 Å². The van der Waals surface area contributed by atoms with Crippen LogP contribution in [0.25, 0.3) is 0 Å². The Morgan fingerprint density at radius 2 is 2.00 bits per heavy atom. The third-order valence-corrected chi connectivity index (χ3v) is 1.60. The van der Waals surface area contributed by atoms with Gasteiger partial charge in [0.05, 0.1) is 5.69 Å². The summed E-state index contributed by atoms with van der Waals surface area (Å²) in [5.74, 6) is 0. The minimum absolute atomic E-state index is 0.118. The van der Waals surface area contributed by atoms with Crippen LogP contribution in [0.1, 0.15) is 17.4 Å². The van der Waals surface area contributed by atoms with Gasteiger partial charge in [-0.25, -0.2) is 13.2 Å². The molecule has 1 rings (SSSR count). The number of halogens is 3. The number of hydrogen-bond donors (Lipinski definition) is 1. The highest BCUT2D eigenvalue weighted by Crippen LogP contribution is 2.23. The number of hydrogen-bond acceptors (Lipinski definition) is 2. The molecule has 1 aromatic rings. The number of aromatic nitrogens is 1. The second-order valence-electron chi connectivity index (χ2n) is 2.52. The lowest BCUT2D eigenvalue weighted by atomic mass is 10.2. The van der Waals surface area contributed by atoms with Crippen LogP contribution in [-0.4, -0.2) is 11.4 Å². The molecular weight excluding hydrogens is 181 g/mol. The smallest absolute Gasteiger partial charge is 0.273 e. The molecule has 0 bridgehead atoms. The van der Waals surface area contributed by atoms with Crippen molar-refractivity contribution in [3.8, 4) is 0 Å². The van der Waals surface area contributed by atoms with Crippen molar-refractivity contribution in [2.24, 2.45) is 5.73 Å². The zero-order valence-electron chi connectivity index (χ0n) is 6.75. The van der Waals surface area contributed by atoms with E-state index in [1.54, 1.807) is 0 Å². The molecule has 1 aromatic heterocycles. The van der Waals surface area contributed by atoms with Gasteiger partial charge in [0.25, 0.3) is 6.43 Å². The van der Waals surface area contributed by atoms with E-state index in [9.17, 15) is 13.2 Å². The van der Waals surface area contributed by atoms with Crippen LogP contribution in [0.5, 0.6) is 0 Å². The van der Waals surface area contributed by atoms with E-state index in [4.69, 9.17) is 5.73 Å². The quantitative estimate of drug-likeness (QED) is 0.789. The van der Waals surface area contributed by atoms with E-state index < -0.39 is 12.6 Å². The van der Waals surface area contributed by atoms with Crippen LogP contribution in [0.15, 0.2) is 18.3 Å². The zero-order valence-corrected chi connectivity index (χ0v) is 6.75. The van der Waals surface area contributed by atoms with Crippen LogP contribution in [0.2, 0.25) is 0 Å². The fourth-order valence-electron chi connectivity index (χ4n) is 0.865. The van der Waals surface area contributed by atoms with Gasteiger partial charge in [-0.05, 0) is 6.07 Å². The van der Waals surface area contributed by atoms with Gasteiger partial charge in [-0.1, -0.05) is 6.07 Å². The summed E-state index contributed by atoms with van der Waals surface area (Å²) in [6, 6.07) is 2.70. The number of rotatable bonds is 3. The average Bonchev–Trinajstić information content (AvgIpc) is 2.17. The summed E-state index contributed by atoms with van der Waals surface area (Å²) in [5, 5.41) is 0. The first-order chi connectivity index (χ1) is 6.15. The summed E-state index contributed by atoms with van der Waals surface area (Å²) < 4.78 is 36.4. The molecule has 0 aliphatic carbocycles. The Bertz CT molecular complexity index is 261. The summed E-state index contributed by atoms with van der Waals surface area (Å²) in [5.41, 5.74) is 5.66. The van der Waals surface area contributed by atoms with E-state index >= 15 is 0 Å². The molecule has 0 aliphatic heterocycles. The molecule has 1 unspecified atom stereocenters. The standard InChI is InChI=1S/C8H9F3N2/c9-7(8(10)11)5-1-2-6(3-12)13-4-5/h1-2,4,7-8H,3,12H2. The second-order valence-corrected chi connectivity index (χ2v) is 2.52. The van der Waals surface area contributed by atoms with Crippen LogP contribution < -0.4 is 5.73 Å². The maximum Gasteiger partial charge on any atom is 0.273 e. The topological polar surface area (TPSA) is 38.9 Å². The lowest BCUT2D eigenvalue weighted by molar-refractivity contribution is 0.0494. The van der Waals surface area contributed by atoms with Gasteiger partial charge in [0.2, 0.25) is 0 Å². The van der Waals surface area contributed by atoms with E-state index in [2.05, 4.69) is 4.98 Å². The van der Waals surface area contributed by atoms with E-state index in [0.717, 1.165) is 6.20 Å². The largest absolute Gasteiger partial charge is 0.325 e. The van der Waals surface area contributed by atoms with E-state index in [1.165, 1.54) is 12.1 Å². The van der Waals surface area contributed by atoms with Gasteiger partial charge in [0.15, 0.2) is 6.17 Å². The summed E-state index contributed by atoms with van der Waals surface area (Å²) in [6.45, 7) is 0.214. The van der Waals surface area contributed by atoms with Gasteiger partial charge >= 0.3 is 0 Å². The van der Waals surface area contributed by atoms with Gasteiger partial charge < -0.3 is 5.73 Å². The van der Waals surface area contributed by atoms with Gasteiger partial charge in [-0.3, -0.25) is 4.98 Å². The van der Waals surface area contributed by atoms with Crippen LogP contribution in [-0.2, 0) is 6.54 Å². The van der Waals surface area contributed by atoms with Crippen molar-refractivity contribution in [2.45, 2.75) is 19.1 Å². The zero-order chi connectivity index (χ0) is 9.84. The summed E-state index contributed by atoms with van der Waals surface area (Å²) >= 11 is 0. The maximum atomic E-state index is 12.7. The molecule has 0 amide bonds. The number of nitrogens with two attached hydrogens (primary N) is 1. The lowest BCUT2D eigenvalue weighted by Gasteiger charge is -2.06. The molecule has 2 N–H and O–H groups in total. The first kappa shape index (κ1) is 9.98. The Morgan fingerprint density at radius 1 is 1.31 bits per heavy atom. The van der Waals surface area contributed by atoms with E-state index in [1.807, 2.05) is 0 Å². The molecule has 0 saturated carbocycles. The molecular formula is C8H9F3N2. The molecule has 1 heterocycles. The van der Waals surface area contributed by atoms with Crippen molar-refractivity contribution >= 4 is 0 Å². The summed E-state index contributed by atoms with van der Waals surface area (Å²) in [7, 11) is 0. The molecule has 2 nitrogen and oxygen atoms in total. The lowest BCUT2D eigenvalue weighted by Crippen LogP contribution is -2.05. The molecule has 5 heteroatoms. The molecule has 1 atom stereocenters. The van der Waals surface area contributed by atoms with Crippen molar-refractivity contribution in [3.05, 3.63) is 29.6 Å². The predicted molar refractivity (Wildman–Crippen MR) is 42.0 cm³/mol. The number of pyridine rings is 1. The monoisotopic (exact) mass is 190 g/mol. The van der Waals surface area contributed by atoms with E-state index in [-0.39, 0.29) is 12.1 Å². The highest BCUT2D eigenvalue weighted by Gasteiger charge is 2.21. The Morgan fingerprint density at radius 3 is 2.38 bits per heavy atom. The van der Waals surface area contributed by atoms with Crippen LogP contribution in [0.4, 0.5) is 13.2 Å². The molecule has 0 radical (unpaired) electrons. The minimum atomic E-state index is -3.01. The van der Waals surface area contributed by atoms with Gasteiger partial charge in [0, 0.05) is 18.3 Å². The van der Waals surface area contributed by atoms with Gasteiger partial charge in [-0.2, -0.15) is 0 Å². The number of alkyl halides is 3. The average molecular weight is 190 g/mol. The fourth-order valence-corrected chi connectivity index (χ4v) is 0.865. The summed E-state index contributed by atoms with van der Waals surface area (Å²) in [6.07, 6.45) is -4.19. The molecule has 0 aliphatic rings. The molecule has 0 saturated heterocycles. The highest BCUT2D eigenvalue weighted by molar-refractivity contribution is 5.16. The normalized spacial score (nSPS) is 13.3. The van der Waals surface area contributed by atoms with Crippen LogP contribution in [0, 0.1) is 0 Å². The maximum absolute atomic E-state index is 12.7. The Labute approximate surface area is 73.6 Å². The Balaban J connectivity index is 2.79. The number of nitrogens with zero attached hydrogens (tertiary/aromatic N) is 1. The molecule has 0 spiro atoms. The van der Waals surface area contributed by atoms with Crippen molar-refractivity contribution < 1.29 is 13.2 Å².